The number of nitrogens with two attached hydrogens (primary N) is 1. The number of nitrogen functional groups attached to an aromatic ring is 1. The van der Waals surface area contributed by atoms with Gasteiger partial charge in [-0.05, 0) is 6.92 Å². The first-order valence-electron chi connectivity index (χ1n) is 6.49. The topological polar surface area (TPSA) is 78.1 Å². The van der Waals surface area contributed by atoms with Crippen LogP contribution in [0.3, 0.4) is 0 Å². The second-order valence-corrected chi connectivity index (χ2v) is 4.37. The molecular weight excluding hydrogens is 266 g/mol. The molecule has 2 rings (SSSR count). The van der Waals surface area contributed by atoms with E-state index in [1.54, 1.807) is 6.92 Å². The summed E-state index contributed by atoms with van der Waals surface area (Å²) in [7, 11) is 0. The van der Waals surface area contributed by atoms with E-state index < -0.39 is 0 Å². The molecule has 1 fully saturated rings. The molecule has 1 aliphatic carbocycles. The number of ether oxygens (including phenoxy) is 1. The van der Waals surface area contributed by atoms with Gasteiger partial charge in [-0.3, -0.25) is 4.79 Å². The lowest BCUT2D eigenvalue weighted by Gasteiger charge is -2.05. The first-order chi connectivity index (χ1) is 9.20. The summed E-state index contributed by atoms with van der Waals surface area (Å²) in [5, 5.41) is 7.28. The molecule has 0 saturated heterocycles. The Morgan fingerprint density at radius 1 is 1.32 bits per heavy atom. The molecule has 0 aliphatic heterocycles. The summed E-state index contributed by atoms with van der Waals surface area (Å²) < 4.78 is 4.15. The fourth-order valence-electron chi connectivity index (χ4n) is 1.48. The number of carbonyl (C=O) groups is 1. The third-order valence-corrected chi connectivity index (χ3v) is 2.57. The average Bonchev–Trinajstić information content (AvgIpc) is 2.43. The Kier molecular flexibility index (Phi) is 12.1. The molecule has 1 aliphatic rings. The highest BCUT2D eigenvalue weighted by Crippen LogP contribution is 2.15. The molecule has 6 heteroatoms. The van der Waals surface area contributed by atoms with Gasteiger partial charge in [-0.1, -0.05) is 50.1 Å². The largest absolute Gasteiger partial charge is 0.468 e. The molecule has 1 aromatic rings. The fraction of sp³-hybridized carbons (Fsp3) is 0.615. The Balaban J connectivity index is 0.000000265. The number of carbonyl (C=O) groups excluding carboxylic acids is 1. The fourth-order valence-corrected chi connectivity index (χ4v) is 1.65. The molecule has 0 bridgehead atoms. The van der Waals surface area contributed by atoms with Crippen LogP contribution in [0.25, 0.3) is 0 Å². The standard InChI is InChI=1S/C6H12.C4H4ClN3.C3H6O2/c1-2-4-6-5-3-1;5-4-1-3(6)2-7-8-4;1-2-5-3-4/h1-6H2;1-2H,(H2,6,8);3H,2H2,1H3. The molecular formula is C13H22ClN3O2. The third kappa shape index (κ3) is 12.9. The lowest BCUT2D eigenvalue weighted by Crippen LogP contribution is -1.87. The van der Waals surface area contributed by atoms with Crippen LogP contribution in [0, 0.1) is 0 Å². The molecule has 19 heavy (non-hydrogen) atoms. The normalized spacial score (nSPS) is 13.2. The van der Waals surface area contributed by atoms with Gasteiger partial charge in [-0.15, -0.1) is 5.10 Å². The number of hydrogen-bond acceptors (Lipinski definition) is 5. The highest BCUT2D eigenvalue weighted by molar-refractivity contribution is 6.29. The maximum absolute atomic E-state index is 9.18. The number of aromatic nitrogens is 2. The molecule has 1 saturated carbocycles. The first kappa shape index (κ1) is 17.6. The van der Waals surface area contributed by atoms with E-state index in [0.717, 1.165) is 0 Å². The Labute approximate surface area is 119 Å². The molecule has 1 aromatic heterocycles. The van der Waals surface area contributed by atoms with E-state index in [-0.39, 0.29) is 0 Å². The van der Waals surface area contributed by atoms with Crippen molar-refractivity contribution in [3.05, 3.63) is 17.4 Å². The Bertz CT molecular complexity index is 305. The highest BCUT2D eigenvalue weighted by atomic mass is 35.5. The van der Waals surface area contributed by atoms with Gasteiger partial charge in [0.05, 0.1) is 18.5 Å². The number of nitrogens with zero attached hydrogens (tertiary/aromatic N) is 2. The predicted octanol–water partition coefficient (Wildman–Crippen LogP) is 3.23. The minimum atomic E-state index is 0.324. The van der Waals surface area contributed by atoms with Crippen LogP contribution in [-0.4, -0.2) is 23.3 Å². The van der Waals surface area contributed by atoms with Gasteiger partial charge in [0.25, 0.3) is 6.47 Å². The minimum absolute atomic E-state index is 0.324. The number of halogens is 1. The SMILES string of the molecule is C1CCCCC1.CCOC=O.Nc1cnnc(Cl)c1. The van der Waals surface area contributed by atoms with Crippen LogP contribution >= 0.6 is 11.6 Å². The zero-order valence-electron chi connectivity index (χ0n) is 11.3. The van der Waals surface area contributed by atoms with Gasteiger partial charge in [0, 0.05) is 6.07 Å². The van der Waals surface area contributed by atoms with E-state index in [4.69, 9.17) is 17.3 Å². The molecule has 0 amide bonds. The van der Waals surface area contributed by atoms with E-state index in [9.17, 15) is 4.79 Å². The summed E-state index contributed by atoms with van der Waals surface area (Å²) in [6.07, 6.45) is 10.4. The smallest absolute Gasteiger partial charge is 0.293 e. The van der Waals surface area contributed by atoms with Crippen molar-refractivity contribution in [2.45, 2.75) is 45.4 Å². The highest BCUT2D eigenvalue weighted by Gasteiger charge is 1.95. The Morgan fingerprint density at radius 3 is 2.05 bits per heavy atom. The molecule has 2 N–H and O–H groups in total. The van der Waals surface area contributed by atoms with Crippen LogP contribution in [0.15, 0.2) is 12.3 Å². The van der Waals surface area contributed by atoms with Crippen LogP contribution < -0.4 is 5.73 Å². The summed E-state index contributed by atoms with van der Waals surface area (Å²) in [6.45, 7) is 2.66. The monoisotopic (exact) mass is 287 g/mol. The summed E-state index contributed by atoms with van der Waals surface area (Å²) in [5.74, 6) is 0. The van der Waals surface area contributed by atoms with Gasteiger partial charge in [0.1, 0.15) is 0 Å². The van der Waals surface area contributed by atoms with Gasteiger partial charge in [0.15, 0.2) is 5.15 Å². The van der Waals surface area contributed by atoms with Gasteiger partial charge in [-0.25, -0.2) is 0 Å². The average molecular weight is 288 g/mol. The van der Waals surface area contributed by atoms with Crippen LogP contribution in [0.2, 0.25) is 5.15 Å². The van der Waals surface area contributed by atoms with Crippen molar-refractivity contribution >= 4 is 23.8 Å². The lowest BCUT2D eigenvalue weighted by molar-refractivity contribution is -0.128. The van der Waals surface area contributed by atoms with Gasteiger partial charge in [0.2, 0.25) is 0 Å². The Morgan fingerprint density at radius 2 is 1.84 bits per heavy atom. The van der Waals surface area contributed by atoms with Crippen molar-refractivity contribution in [2.24, 2.45) is 0 Å². The van der Waals surface area contributed by atoms with E-state index in [1.165, 1.54) is 50.8 Å². The van der Waals surface area contributed by atoms with Crippen LogP contribution in [0.4, 0.5) is 5.69 Å². The first-order valence-corrected chi connectivity index (χ1v) is 6.87. The van der Waals surface area contributed by atoms with Crippen LogP contribution in [0.1, 0.15) is 45.4 Å². The van der Waals surface area contributed by atoms with E-state index in [0.29, 0.717) is 23.9 Å². The maximum Gasteiger partial charge on any atom is 0.293 e. The van der Waals surface area contributed by atoms with Crippen molar-refractivity contribution in [2.75, 3.05) is 12.3 Å². The van der Waals surface area contributed by atoms with Crippen LogP contribution in [-0.2, 0) is 9.53 Å². The summed E-state index contributed by atoms with van der Waals surface area (Å²) >= 11 is 5.39. The predicted molar refractivity (Wildman–Crippen MR) is 76.8 cm³/mol. The molecule has 0 atom stereocenters. The molecule has 0 aromatic carbocycles. The quantitative estimate of drug-likeness (QED) is 0.845. The zero-order valence-corrected chi connectivity index (χ0v) is 12.1. The van der Waals surface area contributed by atoms with Gasteiger partial charge >= 0.3 is 0 Å². The van der Waals surface area contributed by atoms with Crippen molar-refractivity contribution in [1.29, 1.82) is 0 Å². The van der Waals surface area contributed by atoms with Crippen LogP contribution in [0.5, 0.6) is 0 Å². The van der Waals surface area contributed by atoms with Gasteiger partial charge in [-0.2, -0.15) is 5.10 Å². The molecule has 0 unspecified atom stereocenters. The summed E-state index contributed by atoms with van der Waals surface area (Å²) in [4.78, 5) is 9.18. The van der Waals surface area contributed by atoms with Crippen molar-refractivity contribution in [3.8, 4) is 0 Å². The van der Waals surface area contributed by atoms with E-state index >= 15 is 0 Å². The molecule has 0 spiro atoms. The molecule has 0 radical (unpaired) electrons. The zero-order chi connectivity index (χ0) is 14.3. The lowest BCUT2D eigenvalue weighted by atomic mass is 10.0. The van der Waals surface area contributed by atoms with Crippen molar-refractivity contribution in [3.63, 3.8) is 0 Å². The minimum Gasteiger partial charge on any atom is -0.468 e. The van der Waals surface area contributed by atoms with Crippen molar-refractivity contribution in [1.82, 2.24) is 10.2 Å². The van der Waals surface area contributed by atoms with E-state index in [1.807, 2.05) is 0 Å². The summed E-state index contributed by atoms with van der Waals surface area (Å²) in [6, 6.07) is 1.54. The number of rotatable bonds is 2. The Hall–Kier alpha value is -1.36. The summed E-state index contributed by atoms with van der Waals surface area (Å²) in [5.41, 5.74) is 5.80. The molecule has 1 heterocycles. The number of hydrogen-bond donors (Lipinski definition) is 1. The van der Waals surface area contributed by atoms with E-state index in [2.05, 4.69) is 14.9 Å². The molecule has 5 nitrogen and oxygen atoms in total. The second kappa shape index (κ2) is 13.1. The van der Waals surface area contributed by atoms with Crippen molar-refractivity contribution < 1.29 is 9.53 Å². The third-order valence-electron chi connectivity index (χ3n) is 2.38. The van der Waals surface area contributed by atoms with Gasteiger partial charge < -0.3 is 10.5 Å². The second-order valence-electron chi connectivity index (χ2n) is 3.98. The molecule has 108 valence electrons. The number of anilines is 1. The maximum atomic E-state index is 9.18.